The molecule has 2 aromatic rings. The molecule has 0 fully saturated rings. The van der Waals surface area contributed by atoms with Gasteiger partial charge in [0.15, 0.2) is 6.10 Å². The first-order valence-corrected chi connectivity index (χ1v) is 8.05. The normalized spacial score (nSPS) is 11.7. The molecule has 0 aliphatic carbocycles. The first-order valence-electron chi connectivity index (χ1n) is 6.31. The van der Waals surface area contributed by atoms with Gasteiger partial charge in [-0.1, -0.05) is 15.9 Å². The number of esters is 1. The van der Waals surface area contributed by atoms with E-state index >= 15 is 0 Å². The van der Waals surface area contributed by atoms with Crippen LogP contribution in [0, 0.1) is 0 Å². The highest BCUT2D eigenvalue weighted by Gasteiger charge is 2.18. The average molecular weight is 368 g/mol. The van der Waals surface area contributed by atoms with Crippen LogP contribution in [0.2, 0.25) is 0 Å². The van der Waals surface area contributed by atoms with E-state index in [0.717, 1.165) is 10.0 Å². The lowest BCUT2D eigenvalue weighted by Gasteiger charge is -2.13. The van der Waals surface area contributed by atoms with Crippen LogP contribution in [0.25, 0.3) is 0 Å². The van der Waals surface area contributed by atoms with Gasteiger partial charge in [-0.25, -0.2) is 0 Å². The highest BCUT2D eigenvalue weighted by Crippen LogP contribution is 2.14. The third-order valence-corrected chi connectivity index (χ3v) is 3.98. The van der Waals surface area contributed by atoms with E-state index in [-0.39, 0.29) is 12.3 Å². The van der Waals surface area contributed by atoms with Crippen molar-refractivity contribution in [3.63, 3.8) is 0 Å². The second-order valence-corrected chi connectivity index (χ2v) is 6.13. The molecule has 1 N–H and O–H groups in total. The summed E-state index contributed by atoms with van der Waals surface area (Å²) < 4.78 is 6.05. The van der Waals surface area contributed by atoms with E-state index in [1.54, 1.807) is 19.1 Å². The van der Waals surface area contributed by atoms with Crippen molar-refractivity contribution in [1.82, 2.24) is 0 Å². The second kappa shape index (κ2) is 7.38. The maximum Gasteiger partial charge on any atom is 0.311 e. The van der Waals surface area contributed by atoms with E-state index in [2.05, 4.69) is 21.2 Å². The number of hydrogen-bond acceptors (Lipinski definition) is 4. The molecule has 0 saturated carbocycles. The molecule has 6 heteroatoms. The van der Waals surface area contributed by atoms with Crippen LogP contribution in [-0.4, -0.2) is 18.0 Å². The quantitative estimate of drug-likeness (QED) is 0.821. The molecule has 110 valence electrons. The largest absolute Gasteiger partial charge is 0.452 e. The third kappa shape index (κ3) is 4.99. The summed E-state index contributed by atoms with van der Waals surface area (Å²) in [6, 6.07) is 9.04. The SMILES string of the molecule is C[C@@H](OC(=O)Cc1ccsc1)C(=O)Nc1ccc(Br)cc1. The lowest BCUT2D eigenvalue weighted by Crippen LogP contribution is -2.30. The second-order valence-electron chi connectivity index (χ2n) is 4.44. The summed E-state index contributed by atoms with van der Waals surface area (Å²) in [5.41, 5.74) is 1.55. The number of rotatable bonds is 5. The smallest absolute Gasteiger partial charge is 0.311 e. The summed E-state index contributed by atoms with van der Waals surface area (Å²) in [4.78, 5) is 23.7. The molecule has 21 heavy (non-hydrogen) atoms. The van der Waals surface area contributed by atoms with Crippen LogP contribution in [0.3, 0.4) is 0 Å². The number of benzene rings is 1. The highest BCUT2D eigenvalue weighted by atomic mass is 79.9. The Morgan fingerprint density at radius 1 is 1.29 bits per heavy atom. The summed E-state index contributed by atoms with van der Waals surface area (Å²) in [7, 11) is 0. The van der Waals surface area contributed by atoms with Crippen LogP contribution in [0.15, 0.2) is 45.6 Å². The zero-order valence-electron chi connectivity index (χ0n) is 11.3. The fourth-order valence-electron chi connectivity index (χ4n) is 1.63. The van der Waals surface area contributed by atoms with Crippen LogP contribution in [0.5, 0.6) is 0 Å². The molecular weight excluding hydrogens is 354 g/mol. The minimum absolute atomic E-state index is 0.180. The fourth-order valence-corrected chi connectivity index (χ4v) is 2.56. The summed E-state index contributed by atoms with van der Waals surface area (Å²) in [5, 5.41) is 6.48. The van der Waals surface area contributed by atoms with Crippen LogP contribution < -0.4 is 5.32 Å². The van der Waals surface area contributed by atoms with Gasteiger partial charge >= 0.3 is 5.97 Å². The summed E-state index contributed by atoms with van der Waals surface area (Å²) >= 11 is 4.84. The van der Waals surface area contributed by atoms with Crippen molar-refractivity contribution < 1.29 is 14.3 Å². The Balaban J connectivity index is 1.84. The summed E-state index contributed by atoms with van der Waals surface area (Å²) in [5.74, 6) is -0.761. The molecule has 0 bridgehead atoms. The van der Waals surface area contributed by atoms with E-state index in [1.165, 1.54) is 11.3 Å². The predicted octanol–water partition coefficient (Wildman–Crippen LogP) is 3.62. The molecule has 0 saturated heterocycles. The number of carbonyl (C=O) groups excluding carboxylic acids is 2. The molecule has 1 amide bonds. The molecule has 0 aliphatic rings. The molecule has 4 nitrogen and oxygen atoms in total. The molecule has 1 aromatic carbocycles. The van der Waals surface area contributed by atoms with Gasteiger partial charge in [0, 0.05) is 10.2 Å². The predicted molar refractivity (Wildman–Crippen MR) is 86.3 cm³/mol. The number of halogens is 1. The third-order valence-electron chi connectivity index (χ3n) is 2.72. The number of thiophene rings is 1. The van der Waals surface area contributed by atoms with Crippen molar-refractivity contribution in [2.24, 2.45) is 0 Å². The number of nitrogens with one attached hydrogen (secondary N) is 1. The van der Waals surface area contributed by atoms with Crippen molar-refractivity contribution >= 4 is 44.8 Å². The Morgan fingerprint density at radius 2 is 2.00 bits per heavy atom. The highest BCUT2D eigenvalue weighted by molar-refractivity contribution is 9.10. The molecule has 0 radical (unpaired) electrons. The zero-order valence-corrected chi connectivity index (χ0v) is 13.7. The van der Waals surface area contributed by atoms with E-state index in [0.29, 0.717) is 5.69 Å². The van der Waals surface area contributed by atoms with E-state index in [1.807, 2.05) is 29.0 Å². The first kappa shape index (κ1) is 15.7. The summed E-state index contributed by atoms with van der Waals surface area (Å²) in [6.07, 6.45) is -0.654. The zero-order chi connectivity index (χ0) is 15.2. The monoisotopic (exact) mass is 367 g/mol. The van der Waals surface area contributed by atoms with Gasteiger partial charge in [0.1, 0.15) is 0 Å². The Bertz CT molecular complexity index is 610. The van der Waals surface area contributed by atoms with Gasteiger partial charge in [0.2, 0.25) is 0 Å². The Kier molecular flexibility index (Phi) is 5.52. The maximum absolute atomic E-state index is 11.9. The Hall–Kier alpha value is -1.66. The van der Waals surface area contributed by atoms with Crippen molar-refractivity contribution in [1.29, 1.82) is 0 Å². The van der Waals surface area contributed by atoms with Crippen molar-refractivity contribution in [2.45, 2.75) is 19.4 Å². The van der Waals surface area contributed by atoms with Crippen LogP contribution in [0.4, 0.5) is 5.69 Å². The number of amides is 1. The van der Waals surface area contributed by atoms with Gasteiger partial charge in [-0.05, 0) is 53.6 Å². The standard InChI is InChI=1S/C15H14BrNO3S/c1-10(20-14(18)8-11-6-7-21-9-11)15(19)17-13-4-2-12(16)3-5-13/h2-7,9-10H,8H2,1H3,(H,17,19)/t10-/m1/s1. The van der Waals surface area contributed by atoms with Gasteiger partial charge in [0.25, 0.3) is 5.91 Å². The van der Waals surface area contributed by atoms with Gasteiger partial charge in [-0.3, -0.25) is 9.59 Å². The minimum atomic E-state index is -0.834. The van der Waals surface area contributed by atoms with Crippen LogP contribution in [0.1, 0.15) is 12.5 Å². The van der Waals surface area contributed by atoms with Gasteiger partial charge in [0.05, 0.1) is 6.42 Å². The van der Waals surface area contributed by atoms with E-state index in [9.17, 15) is 9.59 Å². The minimum Gasteiger partial charge on any atom is -0.452 e. The van der Waals surface area contributed by atoms with E-state index < -0.39 is 12.1 Å². The number of ether oxygens (including phenoxy) is 1. The number of carbonyl (C=O) groups is 2. The average Bonchev–Trinajstić information content (AvgIpc) is 2.94. The van der Waals surface area contributed by atoms with Crippen molar-refractivity contribution in [3.8, 4) is 0 Å². The Morgan fingerprint density at radius 3 is 2.62 bits per heavy atom. The topological polar surface area (TPSA) is 55.4 Å². The number of hydrogen-bond donors (Lipinski definition) is 1. The Labute approximate surface area is 135 Å². The molecule has 0 unspecified atom stereocenters. The molecule has 0 aliphatic heterocycles. The molecule has 1 aromatic heterocycles. The van der Waals surface area contributed by atoms with E-state index in [4.69, 9.17) is 4.74 Å². The molecule has 1 heterocycles. The number of anilines is 1. The lowest BCUT2D eigenvalue weighted by molar-refractivity contribution is -0.152. The fraction of sp³-hybridized carbons (Fsp3) is 0.200. The van der Waals surface area contributed by atoms with Crippen molar-refractivity contribution in [2.75, 3.05) is 5.32 Å². The van der Waals surface area contributed by atoms with Gasteiger partial charge in [-0.15, -0.1) is 0 Å². The van der Waals surface area contributed by atoms with Crippen molar-refractivity contribution in [3.05, 3.63) is 51.1 Å². The molecule has 2 rings (SSSR count). The maximum atomic E-state index is 11.9. The first-order chi connectivity index (χ1) is 10.0. The van der Waals surface area contributed by atoms with Crippen LogP contribution in [-0.2, 0) is 20.7 Å². The molecule has 1 atom stereocenters. The lowest BCUT2D eigenvalue weighted by atomic mass is 10.2. The van der Waals surface area contributed by atoms with Crippen LogP contribution >= 0.6 is 27.3 Å². The molecule has 0 spiro atoms. The van der Waals surface area contributed by atoms with Gasteiger partial charge in [-0.2, -0.15) is 11.3 Å². The summed E-state index contributed by atoms with van der Waals surface area (Å²) in [6.45, 7) is 1.56. The van der Waals surface area contributed by atoms with Gasteiger partial charge < -0.3 is 10.1 Å². The molecular formula is C15H14BrNO3S.